The number of benzene rings is 2. The maximum atomic E-state index is 13.1. The summed E-state index contributed by atoms with van der Waals surface area (Å²) < 4.78 is 55.7. The van der Waals surface area contributed by atoms with Crippen LogP contribution in [0.15, 0.2) is 58.3 Å². The minimum absolute atomic E-state index is 0.296. The fraction of sp³-hybridized carbons (Fsp3) is 0.538. The molecule has 0 spiro atoms. The van der Waals surface area contributed by atoms with E-state index in [1.807, 2.05) is 0 Å². The van der Waals surface area contributed by atoms with Crippen molar-refractivity contribution >= 4 is 20.0 Å². The highest BCUT2D eigenvalue weighted by Gasteiger charge is 2.33. The highest BCUT2D eigenvalue weighted by Crippen LogP contribution is 2.30. The topological polar surface area (TPSA) is 74.8 Å². The lowest BCUT2D eigenvalue weighted by Gasteiger charge is -2.34. The number of hydrogen-bond donors (Lipinski definition) is 0. The Morgan fingerprint density at radius 1 is 0.529 bits per heavy atom. The fourth-order valence-electron chi connectivity index (χ4n) is 5.54. The third-order valence-electron chi connectivity index (χ3n) is 6.99. The average Bonchev–Trinajstić information content (AvgIpc) is 2.78. The van der Waals surface area contributed by atoms with Crippen molar-refractivity contribution < 1.29 is 16.8 Å². The average molecular weight is 505 g/mol. The van der Waals surface area contributed by atoms with Crippen molar-refractivity contribution in [1.29, 1.82) is 0 Å². The van der Waals surface area contributed by atoms with Crippen LogP contribution in [0.2, 0.25) is 0 Å². The van der Waals surface area contributed by atoms with Gasteiger partial charge in [0.1, 0.15) is 0 Å². The molecule has 2 aromatic carbocycles. The second-order valence-electron chi connectivity index (χ2n) is 10.6. The van der Waals surface area contributed by atoms with E-state index in [9.17, 15) is 16.8 Å². The van der Waals surface area contributed by atoms with Crippen LogP contribution in [0.3, 0.4) is 0 Å². The number of rotatable bonds is 5. The maximum Gasteiger partial charge on any atom is 0.243 e. The van der Waals surface area contributed by atoms with E-state index in [1.165, 1.54) is 0 Å². The molecule has 34 heavy (non-hydrogen) atoms. The lowest BCUT2D eigenvalue weighted by molar-refractivity contribution is 0.222. The lowest BCUT2D eigenvalue weighted by Crippen LogP contribution is -2.42. The van der Waals surface area contributed by atoms with Crippen molar-refractivity contribution in [3.05, 3.63) is 48.5 Å². The Hall–Kier alpha value is -1.74. The first kappa shape index (κ1) is 25.4. The predicted molar refractivity (Wildman–Crippen MR) is 135 cm³/mol. The van der Waals surface area contributed by atoms with Gasteiger partial charge in [0.05, 0.1) is 9.79 Å². The molecule has 8 heteroatoms. The summed E-state index contributed by atoms with van der Waals surface area (Å²) in [5.74, 6) is 1.40. The van der Waals surface area contributed by atoms with E-state index < -0.39 is 20.0 Å². The molecule has 6 nitrogen and oxygen atoms in total. The molecule has 0 amide bonds. The third kappa shape index (κ3) is 5.25. The van der Waals surface area contributed by atoms with Crippen molar-refractivity contribution in [3.63, 3.8) is 0 Å². The number of nitrogens with zero attached hydrogens (tertiary/aromatic N) is 2. The van der Waals surface area contributed by atoms with Crippen LogP contribution in [-0.2, 0) is 20.0 Å². The molecule has 2 fully saturated rings. The van der Waals surface area contributed by atoms with Crippen molar-refractivity contribution in [3.8, 4) is 11.1 Å². The summed E-state index contributed by atoms with van der Waals surface area (Å²) in [5, 5.41) is 0. The minimum Gasteiger partial charge on any atom is -0.207 e. The molecule has 0 N–H and O–H groups in total. The van der Waals surface area contributed by atoms with Gasteiger partial charge in [-0.25, -0.2) is 16.8 Å². The van der Waals surface area contributed by atoms with Gasteiger partial charge in [-0.2, -0.15) is 8.61 Å². The Kier molecular flexibility index (Phi) is 7.25. The van der Waals surface area contributed by atoms with Crippen LogP contribution in [-0.4, -0.2) is 51.6 Å². The van der Waals surface area contributed by atoms with E-state index in [1.54, 1.807) is 57.1 Å². The Labute approximate surface area is 205 Å². The first-order chi connectivity index (χ1) is 16.0. The van der Waals surface area contributed by atoms with Crippen LogP contribution >= 0.6 is 0 Å². The van der Waals surface area contributed by atoms with Gasteiger partial charge in [-0.1, -0.05) is 52.0 Å². The summed E-state index contributed by atoms with van der Waals surface area (Å²) >= 11 is 0. The largest absolute Gasteiger partial charge is 0.243 e. The lowest BCUT2D eigenvalue weighted by atomic mass is 9.94. The second-order valence-corrected chi connectivity index (χ2v) is 14.5. The molecule has 2 aromatic rings. The first-order valence-corrected chi connectivity index (χ1v) is 15.1. The van der Waals surface area contributed by atoms with Crippen molar-refractivity contribution in [1.82, 2.24) is 8.61 Å². The van der Waals surface area contributed by atoms with E-state index in [4.69, 9.17) is 0 Å². The summed E-state index contributed by atoms with van der Waals surface area (Å²) in [6.45, 7) is 10.6. The highest BCUT2D eigenvalue weighted by atomic mass is 32.2. The Morgan fingerprint density at radius 2 is 0.794 bits per heavy atom. The molecule has 2 aliphatic heterocycles. The Bertz CT molecular complexity index is 1090. The molecule has 0 saturated carbocycles. The second kappa shape index (κ2) is 9.72. The summed E-state index contributed by atoms with van der Waals surface area (Å²) in [5.41, 5.74) is 1.70. The van der Waals surface area contributed by atoms with Gasteiger partial charge in [0.2, 0.25) is 20.0 Å². The van der Waals surface area contributed by atoms with Gasteiger partial charge in [0.25, 0.3) is 0 Å². The monoisotopic (exact) mass is 504 g/mol. The van der Waals surface area contributed by atoms with E-state index in [-0.39, 0.29) is 0 Å². The molecule has 4 rings (SSSR count). The Balaban J connectivity index is 1.51. The molecular formula is C26H36N2O4S2. The molecule has 0 radical (unpaired) electrons. The zero-order valence-electron chi connectivity index (χ0n) is 20.5. The van der Waals surface area contributed by atoms with Crippen molar-refractivity contribution in [2.75, 3.05) is 26.2 Å². The van der Waals surface area contributed by atoms with Gasteiger partial charge in [-0.3, -0.25) is 0 Å². The van der Waals surface area contributed by atoms with Gasteiger partial charge in [0, 0.05) is 26.2 Å². The van der Waals surface area contributed by atoms with Crippen LogP contribution in [0.5, 0.6) is 0 Å². The molecule has 186 valence electrons. The quantitative estimate of drug-likeness (QED) is 0.592. The summed E-state index contributed by atoms with van der Waals surface area (Å²) in [6, 6.07) is 13.8. The normalized spacial score (nSPS) is 27.5. The molecule has 0 bridgehead atoms. The Morgan fingerprint density at radius 3 is 1.06 bits per heavy atom. The van der Waals surface area contributed by atoms with Crippen LogP contribution in [0, 0.1) is 23.7 Å². The molecule has 2 saturated heterocycles. The molecule has 0 unspecified atom stereocenters. The van der Waals surface area contributed by atoms with E-state index >= 15 is 0 Å². The van der Waals surface area contributed by atoms with Crippen LogP contribution in [0.1, 0.15) is 40.5 Å². The summed E-state index contributed by atoms with van der Waals surface area (Å²) in [7, 11) is -7.05. The van der Waals surface area contributed by atoms with Gasteiger partial charge in [0.15, 0.2) is 0 Å². The third-order valence-corrected chi connectivity index (χ3v) is 10.7. The summed E-state index contributed by atoms with van der Waals surface area (Å²) in [4.78, 5) is 0.593. The zero-order chi connectivity index (χ0) is 24.7. The van der Waals surface area contributed by atoms with E-state index in [0.717, 1.165) is 24.0 Å². The molecule has 0 aromatic heterocycles. The van der Waals surface area contributed by atoms with Crippen LogP contribution in [0.25, 0.3) is 11.1 Å². The number of hydrogen-bond acceptors (Lipinski definition) is 4. The van der Waals surface area contributed by atoms with Gasteiger partial charge in [-0.15, -0.1) is 0 Å². The fourth-order valence-corrected chi connectivity index (χ4v) is 8.90. The molecule has 2 heterocycles. The van der Waals surface area contributed by atoms with Gasteiger partial charge >= 0.3 is 0 Å². The zero-order valence-corrected chi connectivity index (χ0v) is 22.1. The molecular weight excluding hydrogens is 468 g/mol. The van der Waals surface area contributed by atoms with Crippen molar-refractivity contribution in [2.24, 2.45) is 23.7 Å². The molecule has 2 aliphatic rings. The van der Waals surface area contributed by atoms with Crippen molar-refractivity contribution in [2.45, 2.75) is 50.3 Å². The van der Waals surface area contributed by atoms with E-state index in [2.05, 4.69) is 27.7 Å². The van der Waals surface area contributed by atoms with Gasteiger partial charge < -0.3 is 0 Å². The summed E-state index contributed by atoms with van der Waals surface area (Å²) in [6.07, 6.45) is 2.10. The highest BCUT2D eigenvalue weighted by molar-refractivity contribution is 7.89. The van der Waals surface area contributed by atoms with Crippen LogP contribution in [0.4, 0.5) is 0 Å². The molecule has 4 atom stereocenters. The smallest absolute Gasteiger partial charge is 0.207 e. The van der Waals surface area contributed by atoms with E-state index in [0.29, 0.717) is 59.6 Å². The van der Waals surface area contributed by atoms with Crippen LogP contribution < -0.4 is 0 Å². The molecule has 0 aliphatic carbocycles. The number of piperidine rings is 2. The SMILES string of the molecule is C[C@@H]1C[C@@H](C)CN(S(=O)(=O)c2ccc(-c3ccc(S(=O)(=O)N4C[C@H](C)C[C@H](C)C4)cc3)cc2)C1. The standard InChI is InChI=1S/C26H36N2O4S2/c1-19-13-20(2)16-27(15-19)33(29,30)25-9-5-23(6-10-25)24-7-11-26(12-8-24)34(31,32)28-17-21(3)14-22(4)18-28/h5-12,19-22H,13-18H2,1-4H3/t19-,20-,21-,22+/m1/s1. The minimum atomic E-state index is -3.53. The maximum absolute atomic E-state index is 13.1. The predicted octanol–water partition coefficient (Wildman–Crippen LogP) is 4.69. The first-order valence-electron chi connectivity index (χ1n) is 12.2. The number of sulfonamides is 2. The van der Waals surface area contributed by atoms with Gasteiger partial charge in [-0.05, 0) is 71.9 Å².